The van der Waals surface area contributed by atoms with Crippen LogP contribution in [0.3, 0.4) is 0 Å². The van der Waals surface area contributed by atoms with Gasteiger partial charge in [0.1, 0.15) is 0 Å². The second-order valence-electron chi connectivity index (χ2n) is 6.69. The SMILES string of the molecule is Cc1cc(ONC(=O)CC2(C)CCCC2)n(-c2ccccc2)n1. The Morgan fingerprint density at radius 3 is 2.70 bits per heavy atom. The molecule has 1 aromatic heterocycles. The summed E-state index contributed by atoms with van der Waals surface area (Å²) in [4.78, 5) is 17.7. The van der Waals surface area contributed by atoms with Crippen molar-refractivity contribution in [1.29, 1.82) is 0 Å². The topological polar surface area (TPSA) is 56.1 Å². The van der Waals surface area contributed by atoms with E-state index >= 15 is 0 Å². The Labute approximate surface area is 136 Å². The monoisotopic (exact) mass is 313 g/mol. The van der Waals surface area contributed by atoms with Crippen molar-refractivity contribution in [2.75, 3.05) is 0 Å². The summed E-state index contributed by atoms with van der Waals surface area (Å²) in [5.41, 5.74) is 4.42. The lowest BCUT2D eigenvalue weighted by Crippen LogP contribution is -2.32. The number of nitrogens with one attached hydrogen (secondary N) is 1. The van der Waals surface area contributed by atoms with Crippen LogP contribution in [0.2, 0.25) is 0 Å². The molecule has 122 valence electrons. The number of carbonyl (C=O) groups is 1. The second-order valence-corrected chi connectivity index (χ2v) is 6.69. The van der Waals surface area contributed by atoms with E-state index in [-0.39, 0.29) is 11.3 Å². The highest BCUT2D eigenvalue weighted by Crippen LogP contribution is 2.40. The van der Waals surface area contributed by atoms with Crippen molar-refractivity contribution < 1.29 is 9.63 Å². The number of rotatable bonds is 5. The molecule has 1 N–H and O–H groups in total. The van der Waals surface area contributed by atoms with Crippen molar-refractivity contribution in [2.45, 2.75) is 46.0 Å². The minimum Gasteiger partial charge on any atom is -0.359 e. The summed E-state index contributed by atoms with van der Waals surface area (Å²) in [7, 11) is 0. The maximum absolute atomic E-state index is 12.2. The highest BCUT2D eigenvalue weighted by Gasteiger charge is 2.31. The number of hydroxylamine groups is 1. The van der Waals surface area contributed by atoms with Gasteiger partial charge in [-0.15, -0.1) is 0 Å². The lowest BCUT2D eigenvalue weighted by Gasteiger charge is -2.22. The van der Waals surface area contributed by atoms with Gasteiger partial charge in [-0.25, -0.2) is 0 Å². The maximum atomic E-state index is 12.2. The molecule has 0 atom stereocenters. The molecule has 0 saturated heterocycles. The summed E-state index contributed by atoms with van der Waals surface area (Å²) in [5, 5.41) is 4.42. The molecule has 1 aromatic carbocycles. The molecular weight excluding hydrogens is 290 g/mol. The molecule has 0 spiro atoms. The fraction of sp³-hybridized carbons (Fsp3) is 0.444. The number of benzene rings is 1. The van der Waals surface area contributed by atoms with E-state index in [9.17, 15) is 4.79 Å². The van der Waals surface area contributed by atoms with E-state index < -0.39 is 0 Å². The molecule has 3 rings (SSSR count). The Bertz CT molecular complexity index is 673. The van der Waals surface area contributed by atoms with Gasteiger partial charge in [0.05, 0.1) is 11.4 Å². The van der Waals surface area contributed by atoms with E-state index in [1.165, 1.54) is 12.8 Å². The molecule has 5 nitrogen and oxygen atoms in total. The van der Waals surface area contributed by atoms with Crippen LogP contribution in [-0.4, -0.2) is 15.7 Å². The quantitative estimate of drug-likeness (QED) is 0.859. The first kappa shape index (κ1) is 15.6. The molecule has 1 heterocycles. The van der Waals surface area contributed by atoms with Crippen LogP contribution in [-0.2, 0) is 4.79 Å². The van der Waals surface area contributed by atoms with Gasteiger partial charge in [-0.05, 0) is 37.3 Å². The number of aryl methyl sites for hydroxylation is 1. The lowest BCUT2D eigenvalue weighted by atomic mass is 9.85. The number of hydrogen-bond donors (Lipinski definition) is 1. The van der Waals surface area contributed by atoms with Crippen molar-refractivity contribution >= 4 is 5.91 Å². The number of carbonyl (C=O) groups excluding carboxylic acids is 1. The van der Waals surface area contributed by atoms with E-state index in [1.54, 1.807) is 4.68 Å². The summed E-state index contributed by atoms with van der Waals surface area (Å²) in [6.45, 7) is 4.08. The van der Waals surface area contributed by atoms with E-state index in [4.69, 9.17) is 4.84 Å². The Kier molecular flexibility index (Phi) is 4.37. The largest absolute Gasteiger partial charge is 0.359 e. The van der Waals surface area contributed by atoms with Gasteiger partial charge in [0.15, 0.2) is 0 Å². The van der Waals surface area contributed by atoms with Gasteiger partial charge >= 0.3 is 0 Å². The third-order valence-electron chi connectivity index (χ3n) is 4.47. The van der Waals surface area contributed by atoms with Crippen molar-refractivity contribution in [3.63, 3.8) is 0 Å². The fourth-order valence-electron chi connectivity index (χ4n) is 3.24. The first-order chi connectivity index (χ1) is 11.1. The number of aromatic nitrogens is 2. The highest BCUT2D eigenvalue weighted by atomic mass is 16.7. The molecule has 0 aliphatic heterocycles. The predicted octanol–water partition coefficient (Wildman–Crippen LogP) is 3.56. The highest BCUT2D eigenvalue weighted by molar-refractivity contribution is 5.75. The van der Waals surface area contributed by atoms with Gasteiger partial charge in [0.25, 0.3) is 5.91 Å². The third-order valence-corrected chi connectivity index (χ3v) is 4.47. The molecule has 2 aromatic rings. The molecule has 5 heteroatoms. The zero-order valence-electron chi connectivity index (χ0n) is 13.7. The molecule has 1 aliphatic rings. The number of para-hydroxylation sites is 1. The minimum atomic E-state index is -0.0761. The predicted molar refractivity (Wildman–Crippen MR) is 88.3 cm³/mol. The second kappa shape index (κ2) is 6.44. The van der Waals surface area contributed by atoms with Crippen LogP contribution in [0.15, 0.2) is 36.4 Å². The van der Waals surface area contributed by atoms with Gasteiger partial charge in [0.2, 0.25) is 5.88 Å². The summed E-state index contributed by atoms with van der Waals surface area (Å²) in [6, 6.07) is 11.5. The average molecular weight is 313 g/mol. The van der Waals surface area contributed by atoms with Crippen LogP contribution in [0.4, 0.5) is 0 Å². The standard InChI is InChI=1S/C18H23N3O2/c1-14-12-17(21(19-14)15-8-4-3-5-9-15)23-20-16(22)13-18(2)10-6-7-11-18/h3-5,8-9,12H,6-7,10-11,13H2,1-2H3,(H,20,22). The average Bonchev–Trinajstić information content (AvgIpc) is 3.12. The van der Waals surface area contributed by atoms with Gasteiger partial charge in [-0.3, -0.25) is 4.79 Å². The van der Waals surface area contributed by atoms with Crippen molar-refractivity contribution in [1.82, 2.24) is 15.3 Å². The molecule has 0 radical (unpaired) electrons. The van der Waals surface area contributed by atoms with Crippen LogP contribution in [0.1, 0.15) is 44.7 Å². The van der Waals surface area contributed by atoms with Gasteiger partial charge in [-0.2, -0.15) is 15.3 Å². The normalized spacial score (nSPS) is 16.3. The summed E-state index contributed by atoms with van der Waals surface area (Å²) in [6.07, 6.45) is 5.16. The minimum absolute atomic E-state index is 0.0761. The molecule has 1 amide bonds. The molecular formula is C18H23N3O2. The first-order valence-corrected chi connectivity index (χ1v) is 8.14. The number of hydrogen-bond acceptors (Lipinski definition) is 3. The molecule has 0 unspecified atom stereocenters. The molecule has 1 aliphatic carbocycles. The van der Waals surface area contributed by atoms with Crippen molar-refractivity contribution in [2.24, 2.45) is 5.41 Å². The van der Waals surface area contributed by atoms with Gasteiger partial charge in [-0.1, -0.05) is 38.0 Å². The van der Waals surface area contributed by atoms with Crippen LogP contribution in [0, 0.1) is 12.3 Å². The fourth-order valence-corrected chi connectivity index (χ4v) is 3.24. The van der Waals surface area contributed by atoms with E-state index in [0.29, 0.717) is 12.3 Å². The Morgan fingerprint density at radius 2 is 2.00 bits per heavy atom. The van der Waals surface area contributed by atoms with E-state index in [1.807, 2.05) is 43.3 Å². The molecule has 0 bridgehead atoms. The van der Waals surface area contributed by atoms with Crippen molar-refractivity contribution in [3.8, 4) is 11.6 Å². The first-order valence-electron chi connectivity index (χ1n) is 8.14. The summed E-state index contributed by atoms with van der Waals surface area (Å²) in [5.74, 6) is 0.437. The van der Waals surface area contributed by atoms with Crippen LogP contribution >= 0.6 is 0 Å². The van der Waals surface area contributed by atoms with Gasteiger partial charge in [0, 0.05) is 12.5 Å². The summed E-state index contributed by atoms with van der Waals surface area (Å²) >= 11 is 0. The Hall–Kier alpha value is -2.30. The van der Waals surface area contributed by atoms with E-state index in [2.05, 4.69) is 17.5 Å². The number of amides is 1. The lowest BCUT2D eigenvalue weighted by molar-refractivity contribution is -0.130. The van der Waals surface area contributed by atoms with Crippen LogP contribution < -0.4 is 10.3 Å². The third kappa shape index (κ3) is 3.73. The van der Waals surface area contributed by atoms with Crippen LogP contribution in [0.5, 0.6) is 5.88 Å². The molecule has 1 fully saturated rings. The molecule has 1 saturated carbocycles. The smallest absolute Gasteiger partial charge is 0.253 e. The van der Waals surface area contributed by atoms with E-state index in [0.717, 1.165) is 24.2 Å². The summed E-state index contributed by atoms with van der Waals surface area (Å²) < 4.78 is 1.69. The van der Waals surface area contributed by atoms with Gasteiger partial charge < -0.3 is 4.84 Å². The van der Waals surface area contributed by atoms with Crippen molar-refractivity contribution in [3.05, 3.63) is 42.1 Å². The van der Waals surface area contributed by atoms with Crippen LogP contribution in [0.25, 0.3) is 5.69 Å². The Morgan fingerprint density at radius 1 is 1.30 bits per heavy atom. The number of nitrogens with zero attached hydrogens (tertiary/aromatic N) is 2. The Balaban J connectivity index is 1.65. The molecule has 23 heavy (non-hydrogen) atoms. The maximum Gasteiger partial charge on any atom is 0.253 e. The zero-order chi connectivity index (χ0) is 16.3. The zero-order valence-corrected chi connectivity index (χ0v) is 13.7.